The third-order valence-corrected chi connectivity index (χ3v) is 7.16. The molecule has 5 rings (SSSR count). The number of nitrogens with zero attached hydrogens (tertiary/aromatic N) is 3. The summed E-state index contributed by atoms with van der Waals surface area (Å²) in [5.74, 6) is 0.562. The molecule has 3 N–H and O–H groups in total. The van der Waals surface area contributed by atoms with Gasteiger partial charge in [-0.2, -0.15) is 0 Å². The lowest BCUT2D eigenvalue weighted by molar-refractivity contribution is 0.144. The molecule has 0 amide bonds. The Bertz CT molecular complexity index is 1420. The monoisotopic (exact) mass is 520 g/mol. The van der Waals surface area contributed by atoms with Gasteiger partial charge in [-0.3, -0.25) is 9.69 Å². The standard InChI is InChI=1S/C28H33ClN6O2/c1-19-16-22(35-12-10-34(11-13-35)14-15-37-2)18-24-26(19)33-27(32-24)25-23(7-9-31-28(25)36)30-8-6-20-4-3-5-21(29)17-20/h3-5,7,9,16-18H,6,8,10-15H2,1-2H3,(H,32,33)(H2,30,31,36). The number of piperazine rings is 1. The first kappa shape index (κ1) is 25.3. The molecule has 2 aromatic heterocycles. The summed E-state index contributed by atoms with van der Waals surface area (Å²) < 4.78 is 5.22. The van der Waals surface area contributed by atoms with Crippen LogP contribution >= 0.6 is 11.6 Å². The van der Waals surface area contributed by atoms with Gasteiger partial charge < -0.3 is 24.9 Å². The van der Waals surface area contributed by atoms with Crippen molar-refractivity contribution >= 4 is 34.0 Å². The zero-order chi connectivity index (χ0) is 25.8. The summed E-state index contributed by atoms with van der Waals surface area (Å²) in [6.45, 7) is 8.42. The molecular weight excluding hydrogens is 488 g/mol. The summed E-state index contributed by atoms with van der Waals surface area (Å²) in [5.41, 5.74) is 6.28. The Kier molecular flexibility index (Phi) is 7.79. The van der Waals surface area contributed by atoms with Gasteiger partial charge in [-0.1, -0.05) is 23.7 Å². The maximum absolute atomic E-state index is 12.9. The molecule has 3 heterocycles. The molecule has 9 heteroatoms. The van der Waals surface area contributed by atoms with Gasteiger partial charge in [-0.15, -0.1) is 0 Å². The number of benzene rings is 2. The Hall–Kier alpha value is -3.33. The molecule has 0 unspecified atom stereocenters. The lowest BCUT2D eigenvalue weighted by Gasteiger charge is -2.36. The van der Waals surface area contributed by atoms with Crippen LogP contribution in [0, 0.1) is 6.92 Å². The van der Waals surface area contributed by atoms with Crippen LogP contribution in [-0.2, 0) is 11.2 Å². The van der Waals surface area contributed by atoms with E-state index in [9.17, 15) is 4.79 Å². The molecule has 194 valence electrons. The second-order valence-corrected chi connectivity index (χ2v) is 9.90. The van der Waals surface area contributed by atoms with Crippen molar-refractivity contribution < 1.29 is 4.74 Å². The number of pyridine rings is 1. The molecule has 4 aromatic rings. The molecular formula is C28H33ClN6O2. The Balaban J connectivity index is 1.36. The minimum Gasteiger partial charge on any atom is -0.384 e. The zero-order valence-electron chi connectivity index (χ0n) is 21.3. The molecule has 37 heavy (non-hydrogen) atoms. The van der Waals surface area contributed by atoms with Gasteiger partial charge in [0.05, 0.1) is 23.3 Å². The Labute approximate surface area is 221 Å². The van der Waals surface area contributed by atoms with Crippen LogP contribution in [0.2, 0.25) is 5.02 Å². The number of aromatic amines is 2. The number of rotatable bonds is 9. The third kappa shape index (κ3) is 5.82. The van der Waals surface area contributed by atoms with Crippen molar-refractivity contribution in [2.45, 2.75) is 13.3 Å². The van der Waals surface area contributed by atoms with Crippen molar-refractivity contribution in [2.24, 2.45) is 0 Å². The fourth-order valence-corrected chi connectivity index (χ4v) is 5.13. The molecule has 0 bridgehead atoms. The summed E-state index contributed by atoms with van der Waals surface area (Å²) in [7, 11) is 1.75. The van der Waals surface area contributed by atoms with E-state index in [0.29, 0.717) is 17.9 Å². The number of aryl methyl sites for hydroxylation is 1. The number of anilines is 2. The van der Waals surface area contributed by atoms with Crippen molar-refractivity contribution in [1.82, 2.24) is 19.9 Å². The number of fused-ring (bicyclic) bond motifs is 1. The number of hydrogen-bond donors (Lipinski definition) is 3. The van der Waals surface area contributed by atoms with E-state index in [1.54, 1.807) is 13.3 Å². The number of imidazole rings is 1. The Morgan fingerprint density at radius 1 is 1.14 bits per heavy atom. The number of methoxy groups -OCH3 is 1. The highest BCUT2D eigenvalue weighted by Gasteiger charge is 2.20. The molecule has 0 saturated carbocycles. The van der Waals surface area contributed by atoms with Gasteiger partial charge in [0, 0.05) is 63.3 Å². The Morgan fingerprint density at radius 3 is 2.76 bits per heavy atom. The van der Waals surface area contributed by atoms with Crippen molar-refractivity contribution in [3.05, 3.63) is 75.2 Å². The molecule has 1 aliphatic rings. The second kappa shape index (κ2) is 11.4. The Morgan fingerprint density at radius 2 is 1.97 bits per heavy atom. The van der Waals surface area contributed by atoms with Crippen LogP contribution in [0.5, 0.6) is 0 Å². The summed E-state index contributed by atoms with van der Waals surface area (Å²) in [6.07, 6.45) is 2.44. The highest BCUT2D eigenvalue weighted by Crippen LogP contribution is 2.29. The van der Waals surface area contributed by atoms with E-state index < -0.39 is 0 Å². The average molecular weight is 521 g/mol. The largest absolute Gasteiger partial charge is 0.384 e. The van der Waals surface area contributed by atoms with E-state index in [4.69, 9.17) is 21.3 Å². The molecule has 0 atom stereocenters. The van der Waals surface area contributed by atoms with E-state index in [1.165, 1.54) is 5.69 Å². The fraction of sp³-hybridized carbons (Fsp3) is 0.357. The number of hydrogen-bond acceptors (Lipinski definition) is 6. The van der Waals surface area contributed by atoms with E-state index in [2.05, 4.69) is 44.1 Å². The maximum atomic E-state index is 12.9. The minimum atomic E-state index is -0.183. The highest BCUT2D eigenvalue weighted by atomic mass is 35.5. The van der Waals surface area contributed by atoms with Gasteiger partial charge in [-0.25, -0.2) is 4.98 Å². The predicted octanol–water partition coefficient (Wildman–Crippen LogP) is 4.30. The summed E-state index contributed by atoms with van der Waals surface area (Å²) >= 11 is 6.12. The lowest BCUT2D eigenvalue weighted by atomic mass is 10.1. The normalized spacial score (nSPS) is 14.4. The van der Waals surface area contributed by atoms with Gasteiger partial charge >= 0.3 is 0 Å². The number of nitrogens with one attached hydrogen (secondary N) is 3. The molecule has 0 spiro atoms. The van der Waals surface area contributed by atoms with Crippen molar-refractivity contribution in [3.8, 4) is 11.4 Å². The van der Waals surface area contributed by atoms with Crippen LogP contribution in [0.3, 0.4) is 0 Å². The smallest absolute Gasteiger partial charge is 0.261 e. The van der Waals surface area contributed by atoms with E-state index in [0.717, 1.165) is 78.6 Å². The lowest BCUT2D eigenvalue weighted by Crippen LogP contribution is -2.47. The van der Waals surface area contributed by atoms with Crippen LogP contribution in [0.25, 0.3) is 22.4 Å². The summed E-state index contributed by atoms with van der Waals surface area (Å²) in [4.78, 5) is 28.8. The van der Waals surface area contributed by atoms with Crippen LogP contribution in [0.1, 0.15) is 11.1 Å². The van der Waals surface area contributed by atoms with E-state index in [1.807, 2.05) is 30.3 Å². The maximum Gasteiger partial charge on any atom is 0.261 e. The van der Waals surface area contributed by atoms with Crippen LogP contribution < -0.4 is 15.8 Å². The van der Waals surface area contributed by atoms with Gasteiger partial charge in [0.25, 0.3) is 5.56 Å². The molecule has 1 aliphatic heterocycles. The van der Waals surface area contributed by atoms with Crippen LogP contribution in [0.15, 0.2) is 53.5 Å². The first-order valence-electron chi connectivity index (χ1n) is 12.7. The van der Waals surface area contributed by atoms with Crippen LogP contribution in [-0.4, -0.2) is 72.8 Å². The number of aromatic nitrogens is 3. The summed E-state index contributed by atoms with van der Waals surface area (Å²) in [6, 6.07) is 14.0. The SMILES string of the molecule is COCCN1CCN(c2cc(C)c3nc(-c4c(NCCc5cccc(Cl)c5)cc[nH]c4=O)[nH]c3c2)CC1. The van der Waals surface area contributed by atoms with Crippen molar-refractivity contribution in [2.75, 3.05) is 63.2 Å². The van der Waals surface area contributed by atoms with Crippen molar-refractivity contribution in [1.29, 1.82) is 0 Å². The van der Waals surface area contributed by atoms with Gasteiger partial charge in [-0.05, 0) is 54.8 Å². The number of H-pyrrole nitrogens is 2. The second-order valence-electron chi connectivity index (χ2n) is 9.47. The number of ether oxygens (including phenoxy) is 1. The molecule has 1 saturated heterocycles. The molecule has 0 aliphatic carbocycles. The highest BCUT2D eigenvalue weighted by molar-refractivity contribution is 6.30. The molecule has 2 aromatic carbocycles. The van der Waals surface area contributed by atoms with E-state index in [-0.39, 0.29) is 5.56 Å². The molecule has 1 fully saturated rings. The number of halogens is 1. The molecule has 0 radical (unpaired) electrons. The van der Waals surface area contributed by atoms with Gasteiger partial charge in [0.1, 0.15) is 11.4 Å². The van der Waals surface area contributed by atoms with Crippen molar-refractivity contribution in [3.63, 3.8) is 0 Å². The first-order valence-corrected chi connectivity index (χ1v) is 13.1. The summed E-state index contributed by atoms with van der Waals surface area (Å²) in [5, 5.41) is 4.14. The fourth-order valence-electron chi connectivity index (χ4n) is 4.92. The molecule has 8 nitrogen and oxygen atoms in total. The predicted molar refractivity (Wildman–Crippen MR) is 151 cm³/mol. The van der Waals surface area contributed by atoms with Gasteiger partial charge in [0.15, 0.2) is 0 Å². The quantitative estimate of drug-likeness (QED) is 0.305. The van der Waals surface area contributed by atoms with E-state index >= 15 is 0 Å². The third-order valence-electron chi connectivity index (χ3n) is 6.93. The van der Waals surface area contributed by atoms with Crippen LogP contribution in [0.4, 0.5) is 11.4 Å². The average Bonchev–Trinajstić information content (AvgIpc) is 3.32. The first-order chi connectivity index (χ1) is 18.0. The minimum absolute atomic E-state index is 0.183. The zero-order valence-corrected chi connectivity index (χ0v) is 22.1. The van der Waals surface area contributed by atoms with Gasteiger partial charge in [0.2, 0.25) is 0 Å². The topological polar surface area (TPSA) is 89.3 Å².